The van der Waals surface area contributed by atoms with Crippen molar-refractivity contribution in [1.82, 2.24) is 4.90 Å². The summed E-state index contributed by atoms with van der Waals surface area (Å²) in [6, 6.07) is 0.561. The van der Waals surface area contributed by atoms with Gasteiger partial charge in [0.05, 0.1) is 0 Å². The van der Waals surface area contributed by atoms with Gasteiger partial charge in [0.15, 0.2) is 0 Å². The first-order valence-corrected chi connectivity index (χ1v) is 5.81. The molecule has 1 aliphatic heterocycles. The van der Waals surface area contributed by atoms with Crippen molar-refractivity contribution in [2.45, 2.75) is 39.2 Å². The maximum absolute atomic E-state index is 5.57. The minimum atomic E-state index is 0. The van der Waals surface area contributed by atoms with E-state index < -0.39 is 0 Å². The maximum Gasteiger partial charge on any atom is 0.0454 e. The molecule has 3 nitrogen and oxygen atoms in total. The normalized spacial score (nSPS) is 22.0. The summed E-state index contributed by atoms with van der Waals surface area (Å²) in [5.41, 5.74) is 5.57. The largest absolute Gasteiger partial charge is 0.658 e. The molecule has 4 heteroatoms. The van der Waals surface area contributed by atoms with E-state index >= 15 is 0 Å². The Morgan fingerprint density at radius 2 is 2.20 bits per heavy atom. The van der Waals surface area contributed by atoms with Crippen molar-refractivity contribution < 1.29 is 19.5 Å². The van der Waals surface area contributed by atoms with Gasteiger partial charge in [-0.3, -0.25) is 4.90 Å². The molecule has 1 saturated heterocycles. The fourth-order valence-electron chi connectivity index (χ4n) is 1.90. The summed E-state index contributed by atoms with van der Waals surface area (Å²) in [5.74, 6) is 0.814. The standard InChI is InChI=1S/C11H24N3.Rh/c1-10(2)4-3-6-13-11-5-7-14(8-11)9-12;/h10-11H,3-9,12H2,1-2H3;/q-1;. The Bertz CT molecular complexity index is 153. The monoisotopic (exact) mass is 301 g/mol. The molecule has 1 aliphatic rings. The molecule has 15 heavy (non-hydrogen) atoms. The predicted molar refractivity (Wildman–Crippen MR) is 61.3 cm³/mol. The van der Waals surface area contributed by atoms with Crippen LogP contribution in [0.1, 0.15) is 33.1 Å². The molecule has 2 N–H and O–H groups in total. The Labute approximate surface area is 107 Å². The quantitative estimate of drug-likeness (QED) is 0.600. The second-order valence-electron chi connectivity index (χ2n) is 4.64. The molecule has 1 radical (unpaired) electrons. The number of nitrogens with two attached hydrogens (primary N) is 1. The van der Waals surface area contributed by atoms with Crippen molar-refractivity contribution in [2.75, 3.05) is 26.3 Å². The molecule has 1 fully saturated rings. The van der Waals surface area contributed by atoms with Crippen LogP contribution in [0.15, 0.2) is 0 Å². The average Bonchev–Trinajstić information content (AvgIpc) is 2.60. The van der Waals surface area contributed by atoms with E-state index in [2.05, 4.69) is 18.7 Å². The summed E-state index contributed by atoms with van der Waals surface area (Å²) >= 11 is 0. The third-order valence-corrected chi connectivity index (χ3v) is 2.83. The SMILES string of the molecule is CC(C)CCC[N-]C1CCN(CN)C1.[Rh]. The zero-order chi connectivity index (χ0) is 10.4. The number of nitrogens with zero attached hydrogens (tertiary/aromatic N) is 2. The van der Waals surface area contributed by atoms with Crippen LogP contribution in [0.2, 0.25) is 0 Å². The smallest absolute Gasteiger partial charge is 0.0454 e. The van der Waals surface area contributed by atoms with E-state index in [-0.39, 0.29) is 19.5 Å². The van der Waals surface area contributed by atoms with Crippen LogP contribution in [0.5, 0.6) is 0 Å². The van der Waals surface area contributed by atoms with Crippen molar-refractivity contribution in [1.29, 1.82) is 0 Å². The van der Waals surface area contributed by atoms with Crippen LogP contribution in [-0.4, -0.2) is 37.2 Å². The first-order valence-electron chi connectivity index (χ1n) is 5.81. The zero-order valence-electron chi connectivity index (χ0n) is 9.91. The first kappa shape index (κ1) is 15.5. The van der Waals surface area contributed by atoms with E-state index in [9.17, 15) is 0 Å². The number of hydrogen-bond donors (Lipinski definition) is 1. The molecule has 1 unspecified atom stereocenters. The summed E-state index contributed by atoms with van der Waals surface area (Å²) in [6.45, 7) is 8.49. The molecule has 0 aromatic heterocycles. The van der Waals surface area contributed by atoms with Crippen molar-refractivity contribution in [3.05, 3.63) is 5.32 Å². The Morgan fingerprint density at radius 3 is 2.73 bits per heavy atom. The molecule has 1 rings (SSSR count). The Hall–Kier alpha value is 0.503. The Morgan fingerprint density at radius 1 is 1.47 bits per heavy atom. The van der Waals surface area contributed by atoms with Gasteiger partial charge in [-0.2, -0.15) is 0 Å². The molecule has 0 saturated carbocycles. The molecule has 1 heterocycles. The summed E-state index contributed by atoms with van der Waals surface area (Å²) < 4.78 is 0. The topological polar surface area (TPSA) is 43.4 Å². The van der Waals surface area contributed by atoms with Gasteiger partial charge in [-0.15, -0.1) is 12.6 Å². The van der Waals surface area contributed by atoms with Crippen LogP contribution in [0, 0.1) is 5.92 Å². The van der Waals surface area contributed by atoms with Crippen LogP contribution < -0.4 is 5.73 Å². The van der Waals surface area contributed by atoms with Crippen molar-refractivity contribution in [2.24, 2.45) is 11.7 Å². The fraction of sp³-hybridized carbons (Fsp3) is 1.00. The average molecular weight is 301 g/mol. The van der Waals surface area contributed by atoms with Gasteiger partial charge in [-0.25, -0.2) is 0 Å². The van der Waals surface area contributed by atoms with E-state index in [1.807, 2.05) is 0 Å². The second kappa shape index (κ2) is 8.63. The third-order valence-electron chi connectivity index (χ3n) is 2.83. The van der Waals surface area contributed by atoms with E-state index in [0.717, 1.165) is 25.6 Å². The summed E-state index contributed by atoms with van der Waals surface area (Å²) in [6.07, 6.45) is 3.76. The molecular weight excluding hydrogens is 277 g/mol. The van der Waals surface area contributed by atoms with Gasteiger partial charge < -0.3 is 11.1 Å². The fourth-order valence-corrected chi connectivity index (χ4v) is 1.90. The number of rotatable bonds is 6. The summed E-state index contributed by atoms with van der Waals surface area (Å²) in [4.78, 5) is 2.27. The number of likely N-dealkylation sites (tertiary alicyclic amines) is 1. The summed E-state index contributed by atoms with van der Waals surface area (Å²) in [5, 5.41) is 4.70. The van der Waals surface area contributed by atoms with Gasteiger partial charge >= 0.3 is 0 Å². The molecule has 0 spiro atoms. The minimum absolute atomic E-state index is 0. The van der Waals surface area contributed by atoms with Gasteiger partial charge in [-0.1, -0.05) is 33.1 Å². The van der Waals surface area contributed by atoms with Gasteiger partial charge in [0.2, 0.25) is 0 Å². The third kappa shape index (κ3) is 6.62. The van der Waals surface area contributed by atoms with Crippen LogP contribution in [-0.2, 0) is 19.5 Å². The molecule has 0 bridgehead atoms. The van der Waals surface area contributed by atoms with Crippen LogP contribution in [0.4, 0.5) is 0 Å². The van der Waals surface area contributed by atoms with Gasteiger partial charge in [0.25, 0.3) is 0 Å². The Kier molecular flexibility index (Phi) is 8.92. The van der Waals surface area contributed by atoms with Gasteiger partial charge in [0.1, 0.15) is 0 Å². The van der Waals surface area contributed by atoms with Crippen LogP contribution in [0.25, 0.3) is 5.32 Å². The molecular formula is C11H24N3Rh-. The minimum Gasteiger partial charge on any atom is -0.658 e. The van der Waals surface area contributed by atoms with Gasteiger partial charge in [0, 0.05) is 26.1 Å². The number of hydrogen-bond acceptors (Lipinski definition) is 2. The summed E-state index contributed by atoms with van der Waals surface area (Å²) in [7, 11) is 0. The van der Waals surface area contributed by atoms with Crippen molar-refractivity contribution >= 4 is 0 Å². The van der Waals surface area contributed by atoms with E-state index in [4.69, 9.17) is 11.1 Å². The van der Waals surface area contributed by atoms with E-state index in [1.165, 1.54) is 19.3 Å². The van der Waals surface area contributed by atoms with Crippen molar-refractivity contribution in [3.63, 3.8) is 0 Å². The molecule has 0 aliphatic carbocycles. The molecule has 0 aromatic carbocycles. The van der Waals surface area contributed by atoms with Gasteiger partial charge in [-0.05, 0) is 19.0 Å². The van der Waals surface area contributed by atoms with Crippen LogP contribution >= 0.6 is 0 Å². The van der Waals surface area contributed by atoms with Crippen LogP contribution in [0.3, 0.4) is 0 Å². The molecule has 93 valence electrons. The maximum atomic E-state index is 5.57. The molecule has 1 atom stereocenters. The first-order chi connectivity index (χ1) is 6.72. The van der Waals surface area contributed by atoms with E-state index in [1.54, 1.807) is 0 Å². The predicted octanol–water partition coefficient (Wildman–Crippen LogP) is 1.78. The second-order valence-corrected chi connectivity index (χ2v) is 4.64. The zero-order valence-corrected chi connectivity index (χ0v) is 11.5. The Balaban J connectivity index is 0.00000196. The van der Waals surface area contributed by atoms with E-state index in [0.29, 0.717) is 12.7 Å². The molecule has 0 aromatic rings. The van der Waals surface area contributed by atoms with Crippen molar-refractivity contribution in [3.8, 4) is 0 Å². The molecule has 0 amide bonds.